The Labute approximate surface area is 265 Å². The lowest BCUT2D eigenvalue weighted by molar-refractivity contribution is -0.167. The second-order valence-electron chi connectivity index (χ2n) is 13.3. The smallest absolute Gasteiger partial charge is 0.312 e. The van der Waals surface area contributed by atoms with E-state index >= 15 is 0 Å². The molecule has 0 aromatic carbocycles. The van der Waals surface area contributed by atoms with Crippen LogP contribution in [0.1, 0.15) is 132 Å². The quantitative estimate of drug-likeness (QED) is 0.260. The van der Waals surface area contributed by atoms with Gasteiger partial charge in [0.1, 0.15) is 5.60 Å². The molecule has 5 aliphatic rings. The number of rotatable bonds is 10. The number of carbonyl (C=O) groups is 3. The lowest BCUT2D eigenvalue weighted by Gasteiger charge is -2.30. The fourth-order valence-electron chi connectivity index (χ4n) is 7.77. The van der Waals surface area contributed by atoms with E-state index in [9.17, 15) is 14.4 Å². The van der Waals surface area contributed by atoms with Crippen molar-refractivity contribution >= 4 is 17.9 Å². The van der Waals surface area contributed by atoms with Crippen LogP contribution in [0.15, 0.2) is 0 Å². The third-order valence-corrected chi connectivity index (χ3v) is 10.7. The lowest BCUT2D eigenvalue weighted by Crippen LogP contribution is -2.36. The highest BCUT2D eigenvalue weighted by Crippen LogP contribution is 2.41. The zero-order valence-electron chi connectivity index (χ0n) is 28.4. The van der Waals surface area contributed by atoms with Gasteiger partial charge in [-0.3, -0.25) is 14.4 Å². The molecule has 254 valence electrons. The summed E-state index contributed by atoms with van der Waals surface area (Å²) in [6.45, 7) is 15.1. The molecule has 1 saturated carbocycles. The lowest BCUT2D eigenvalue weighted by atomic mass is 9.88. The number of hydrogen-bond donors (Lipinski definition) is 1. The molecule has 1 N–H and O–H groups in total. The van der Waals surface area contributed by atoms with E-state index in [1.807, 2.05) is 13.8 Å². The summed E-state index contributed by atoms with van der Waals surface area (Å²) in [7, 11) is 0. The summed E-state index contributed by atoms with van der Waals surface area (Å²) < 4.78 is 28.3. The molecule has 10 atom stereocenters. The van der Waals surface area contributed by atoms with Gasteiger partial charge in [-0.15, -0.1) is 0 Å². The van der Waals surface area contributed by atoms with Gasteiger partial charge in [-0.2, -0.15) is 0 Å². The van der Waals surface area contributed by atoms with Crippen LogP contribution in [0.2, 0.25) is 0 Å². The van der Waals surface area contributed by atoms with Crippen LogP contribution in [-0.2, 0) is 38.1 Å². The Morgan fingerprint density at radius 2 is 1.27 bits per heavy atom. The number of fused-ring (bicyclic) bond motifs is 1. The van der Waals surface area contributed by atoms with Crippen LogP contribution in [0, 0.1) is 23.7 Å². The van der Waals surface area contributed by atoms with Gasteiger partial charge < -0.3 is 28.8 Å². The molecule has 0 radical (unpaired) electrons. The van der Waals surface area contributed by atoms with Crippen molar-refractivity contribution in [3.8, 4) is 0 Å². The van der Waals surface area contributed by atoms with Crippen molar-refractivity contribution in [2.45, 2.75) is 174 Å². The van der Waals surface area contributed by atoms with Crippen LogP contribution in [0.3, 0.4) is 0 Å². The van der Waals surface area contributed by atoms with Crippen molar-refractivity contribution < 1.29 is 43.2 Å². The summed E-state index contributed by atoms with van der Waals surface area (Å²) in [6.07, 6.45) is 13.2. The minimum atomic E-state index is -0.710. The summed E-state index contributed by atoms with van der Waals surface area (Å²) in [6, 6.07) is 0. The minimum absolute atomic E-state index is 0.00782. The van der Waals surface area contributed by atoms with Crippen molar-refractivity contribution in [1.82, 2.24) is 0 Å². The highest BCUT2D eigenvalue weighted by molar-refractivity contribution is 5.76. The largest absolute Gasteiger partial charge is 0.481 e. The molecule has 44 heavy (non-hydrogen) atoms. The first kappa shape index (κ1) is 36.8. The average molecular weight is 625 g/mol. The van der Waals surface area contributed by atoms with Crippen LogP contribution in [0.5, 0.6) is 0 Å². The number of cyclic esters (lactones) is 1. The molecular weight excluding hydrogens is 564 g/mol. The normalized spacial score (nSPS) is 36.9. The van der Waals surface area contributed by atoms with Crippen LogP contribution < -0.4 is 0 Å². The fourth-order valence-corrected chi connectivity index (χ4v) is 7.77. The first-order chi connectivity index (χ1) is 21.1. The average Bonchev–Trinajstić information content (AvgIpc) is 3.86. The van der Waals surface area contributed by atoms with Crippen LogP contribution in [-0.4, -0.2) is 71.8 Å². The molecule has 0 aromatic heterocycles. The molecule has 5 fully saturated rings. The van der Waals surface area contributed by atoms with E-state index in [2.05, 4.69) is 34.6 Å². The zero-order valence-corrected chi connectivity index (χ0v) is 28.4. The third kappa shape index (κ3) is 8.75. The Morgan fingerprint density at radius 1 is 0.750 bits per heavy atom. The number of esters is 2. The summed E-state index contributed by atoms with van der Waals surface area (Å²) in [5.41, 5.74) is -0.167. The van der Waals surface area contributed by atoms with Gasteiger partial charge in [0.25, 0.3) is 0 Å². The van der Waals surface area contributed by atoms with Gasteiger partial charge in [0.15, 0.2) is 0 Å². The van der Waals surface area contributed by atoms with E-state index < -0.39 is 5.97 Å². The maximum Gasteiger partial charge on any atom is 0.312 e. The summed E-state index contributed by atoms with van der Waals surface area (Å²) in [5, 5.41) is 8.85. The molecule has 0 spiro atoms. The van der Waals surface area contributed by atoms with E-state index in [-0.39, 0.29) is 71.9 Å². The Morgan fingerprint density at radius 3 is 1.73 bits per heavy atom. The first-order valence-corrected chi connectivity index (χ1v) is 17.7. The fraction of sp³-hybridized carbons (Fsp3) is 0.914. The number of carboxylic acids is 1. The Hall–Kier alpha value is -1.71. The summed E-state index contributed by atoms with van der Waals surface area (Å²) in [4.78, 5) is 34.6. The van der Waals surface area contributed by atoms with Crippen LogP contribution >= 0.6 is 0 Å². The number of ether oxygens (including phenoxy) is 5. The summed E-state index contributed by atoms with van der Waals surface area (Å²) in [5.74, 6) is -0.742. The molecule has 10 unspecified atom stereocenters. The van der Waals surface area contributed by atoms with Crippen molar-refractivity contribution in [3.05, 3.63) is 0 Å². The van der Waals surface area contributed by atoms with E-state index in [0.29, 0.717) is 18.9 Å². The SMILES string of the molecule is CCC1CC(C(=O)O)C(CC)O1.CCC1CC(C(=O)OC2(CC)CCCC2)C(CC)O1.CCC1OC(CC)C2C(=O)OCC12. The predicted octanol–water partition coefficient (Wildman–Crippen LogP) is 6.87. The second kappa shape index (κ2) is 17.3. The maximum absolute atomic E-state index is 12.5. The zero-order chi connectivity index (χ0) is 32.4. The molecule has 9 nitrogen and oxygen atoms in total. The summed E-state index contributed by atoms with van der Waals surface area (Å²) >= 11 is 0. The van der Waals surface area contributed by atoms with Crippen LogP contribution in [0.25, 0.3) is 0 Å². The Bertz CT molecular complexity index is 916. The van der Waals surface area contributed by atoms with E-state index in [4.69, 9.17) is 28.8 Å². The third-order valence-electron chi connectivity index (χ3n) is 10.7. The monoisotopic (exact) mass is 624 g/mol. The Kier molecular flexibility index (Phi) is 14.4. The van der Waals surface area contributed by atoms with Gasteiger partial charge in [0.05, 0.1) is 61.0 Å². The molecule has 4 saturated heterocycles. The minimum Gasteiger partial charge on any atom is -0.481 e. The van der Waals surface area contributed by atoms with Gasteiger partial charge in [-0.05, 0) is 83.5 Å². The molecule has 1 aliphatic carbocycles. The number of aliphatic carboxylic acids is 1. The molecule has 5 rings (SSSR count). The van der Waals surface area contributed by atoms with Crippen molar-refractivity contribution in [1.29, 1.82) is 0 Å². The topological polar surface area (TPSA) is 118 Å². The molecule has 0 aromatic rings. The van der Waals surface area contributed by atoms with Gasteiger partial charge in [0, 0.05) is 5.92 Å². The predicted molar refractivity (Wildman–Crippen MR) is 167 cm³/mol. The highest BCUT2D eigenvalue weighted by atomic mass is 16.6. The number of carbonyl (C=O) groups excluding carboxylic acids is 2. The van der Waals surface area contributed by atoms with Gasteiger partial charge in [-0.25, -0.2) is 0 Å². The van der Waals surface area contributed by atoms with E-state index in [1.54, 1.807) is 0 Å². The van der Waals surface area contributed by atoms with Crippen molar-refractivity contribution in [2.24, 2.45) is 23.7 Å². The molecule has 0 bridgehead atoms. The molecule has 4 heterocycles. The molecule has 0 amide bonds. The molecule has 4 aliphatic heterocycles. The first-order valence-electron chi connectivity index (χ1n) is 17.7. The maximum atomic E-state index is 12.5. The van der Waals surface area contributed by atoms with Gasteiger partial charge in [-0.1, -0.05) is 48.5 Å². The number of hydrogen-bond acceptors (Lipinski definition) is 8. The molecule has 9 heteroatoms. The van der Waals surface area contributed by atoms with E-state index in [0.717, 1.165) is 64.2 Å². The molecular formula is C35H60O9. The van der Waals surface area contributed by atoms with E-state index in [1.165, 1.54) is 12.8 Å². The van der Waals surface area contributed by atoms with Gasteiger partial charge >= 0.3 is 17.9 Å². The van der Waals surface area contributed by atoms with Crippen molar-refractivity contribution in [3.63, 3.8) is 0 Å². The standard InChI is InChI=1S/C16H28O3.C10H16O3.C9H16O3/c1-4-12-11-13(14(5-2)18-12)15(17)19-16(6-3)9-7-8-10-16;1-3-7-6-5-12-10(11)9(6)8(4-2)13-7;1-3-6-5-7(9(10)11)8(4-2)12-6/h12-14H,4-11H2,1-3H3;6-9H,3-5H2,1-2H3;6-8H,3-5H2,1-2H3,(H,10,11). The Balaban J connectivity index is 0.000000187. The van der Waals surface area contributed by atoms with Crippen LogP contribution in [0.4, 0.5) is 0 Å². The van der Waals surface area contributed by atoms with Crippen molar-refractivity contribution in [2.75, 3.05) is 6.61 Å². The van der Waals surface area contributed by atoms with Gasteiger partial charge in [0.2, 0.25) is 0 Å². The highest BCUT2D eigenvalue weighted by Gasteiger charge is 2.52. The number of carboxylic acid groups (broad SMARTS) is 1. The second-order valence-corrected chi connectivity index (χ2v) is 13.3.